The molecule has 0 radical (unpaired) electrons. The normalized spacial score (nSPS) is 22.2. The SMILES string of the molecule is CCn1ccc2cc(S(=O)(=O)N3CCC[C@@H](C(=O)NC4CCCCCCC4)C3)ccc21. The van der Waals surface area contributed by atoms with E-state index in [2.05, 4.69) is 16.8 Å². The second kappa shape index (κ2) is 9.74. The lowest BCUT2D eigenvalue weighted by atomic mass is 9.94. The minimum absolute atomic E-state index is 0.0287. The van der Waals surface area contributed by atoms with Crippen molar-refractivity contribution in [2.75, 3.05) is 13.1 Å². The first-order valence-electron chi connectivity index (χ1n) is 11.9. The zero-order chi connectivity index (χ0) is 21.8. The summed E-state index contributed by atoms with van der Waals surface area (Å²) < 4.78 is 30.3. The fourth-order valence-electron chi connectivity index (χ4n) is 5.06. The summed E-state index contributed by atoms with van der Waals surface area (Å²) in [7, 11) is -3.62. The molecule has 2 fully saturated rings. The number of rotatable bonds is 5. The number of hydrogen-bond donors (Lipinski definition) is 1. The van der Waals surface area contributed by atoms with Gasteiger partial charge in [0.2, 0.25) is 15.9 Å². The summed E-state index contributed by atoms with van der Waals surface area (Å²) in [6.07, 6.45) is 11.6. The van der Waals surface area contributed by atoms with E-state index in [9.17, 15) is 13.2 Å². The summed E-state index contributed by atoms with van der Waals surface area (Å²) in [5.41, 5.74) is 1.04. The molecule has 1 aliphatic carbocycles. The number of amides is 1. The molecule has 7 heteroatoms. The molecule has 0 bridgehead atoms. The lowest BCUT2D eigenvalue weighted by molar-refractivity contribution is -0.126. The average molecular weight is 446 g/mol. The maximum absolute atomic E-state index is 13.3. The Labute approximate surface area is 186 Å². The molecule has 0 spiro atoms. The van der Waals surface area contributed by atoms with Crippen molar-refractivity contribution < 1.29 is 13.2 Å². The van der Waals surface area contributed by atoms with Gasteiger partial charge in [0.25, 0.3) is 0 Å². The molecule has 2 heterocycles. The Morgan fingerprint density at radius 2 is 1.77 bits per heavy atom. The first-order chi connectivity index (χ1) is 15.0. The van der Waals surface area contributed by atoms with Crippen LogP contribution < -0.4 is 5.32 Å². The van der Waals surface area contributed by atoms with Crippen molar-refractivity contribution in [2.45, 2.75) is 82.2 Å². The van der Waals surface area contributed by atoms with E-state index in [-0.39, 0.29) is 24.4 Å². The summed E-state index contributed by atoms with van der Waals surface area (Å²) in [6.45, 7) is 3.66. The zero-order valence-corrected chi connectivity index (χ0v) is 19.4. The summed E-state index contributed by atoms with van der Waals surface area (Å²) in [5.74, 6) is -0.236. The van der Waals surface area contributed by atoms with Crippen molar-refractivity contribution in [3.63, 3.8) is 0 Å². The van der Waals surface area contributed by atoms with Gasteiger partial charge in [-0.25, -0.2) is 8.42 Å². The lowest BCUT2D eigenvalue weighted by Gasteiger charge is -2.32. The minimum Gasteiger partial charge on any atom is -0.353 e. The largest absolute Gasteiger partial charge is 0.353 e. The first kappa shape index (κ1) is 22.3. The average Bonchev–Trinajstić information content (AvgIpc) is 3.18. The van der Waals surface area contributed by atoms with E-state index < -0.39 is 10.0 Å². The van der Waals surface area contributed by atoms with Crippen LogP contribution in [0, 0.1) is 5.92 Å². The molecule has 1 atom stereocenters. The van der Waals surface area contributed by atoms with Crippen LogP contribution in [-0.2, 0) is 21.4 Å². The molecular weight excluding hydrogens is 410 g/mol. The third-order valence-electron chi connectivity index (χ3n) is 6.93. The van der Waals surface area contributed by atoms with Gasteiger partial charge in [0.15, 0.2) is 0 Å². The molecule has 1 aromatic heterocycles. The number of nitrogens with one attached hydrogen (secondary N) is 1. The molecule has 0 unspecified atom stereocenters. The Balaban J connectivity index is 1.45. The highest BCUT2D eigenvalue weighted by atomic mass is 32.2. The molecule has 6 nitrogen and oxygen atoms in total. The molecule has 1 amide bonds. The number of benzene rings is 1. The zero-order valence-electron chi connectivity index (χ0n) is 18.6. The summed E-state index contributed by atoms with van der Waals surface area (Å²) in [6, 6.07) is 7.54. The van der Waals surface area contributed by atoms with Gasteiger partial charge in [-0.2, -0.15) is 4.31 Å². The third-order valence-corrected chi connectivity index (χ3v) is 8.79. The highest BCUT2D eigenvalue weighted by molar-refractivity contribution is 7.89. The van der Waals surface area contributed by atoms with Crippen LogP contribution in [-0.4, -0.2) is 42.3 Å². The van der Waals surface area contributed by atoms with Crippen molar-refractivity contribution in [1.29, 1.82) is 0 Å². The van der Waals surface area contributed by atoms with Crippen LogP contribution in [0.2, 0.25) is 0 Å². The van der Waals surface area contributed by atoms with Gasteiger partial charge in [-0.15, -0.1) is 0 Å². The fraction of sp³-hybridized carbons (Fsp3) is 0.625. The van der Waals surface area contributed by atoms with Gasteiger partial charge in [-0.05, 0) is 56.9 Å². The maximum Gasteiger partial charge on any atom is 0.243 e. The molecular formula is C24H35N3O3S. The monoisotopic (exact) mass is 445 g/mol. The number of carbonyl (C=O) groups is 1. The quantitative estimate of drug-likeness (QED) is 0.746. The van der Waals surface area contributed by atoms with Crippen LogP contribution in [0.4, 0.5) is 0 Å². The van der Waals surface area contributed by atoms with Gasteiger partial charge in [-0.1, -0.05) is 32.1 Å². The number of aryl methyl sites for hydroxylation is 1. The van der Waals surface area contributed by atoms with Gasteiger partial charge in [0, 0.05) is 42.8 Å². The Morgan fingerprint density at radius 3 is 2.52 bits per heavy atom. The lowest BCUT2D eigenvalue weighted by Crippen LogP contribution is -2.47. The van der Waals surface area contributed by atoms with Gasteiger partial charge in [-0.3, -0.25) is 4.79 Å². The Morgan fingerprint density at radius 1 is 1.03 bits per heavy atom. The van der Waals surface area contributed by atoms with Gasteiger partial charge in [0.1, 0.15) is 0 Å². The number of carbonyl (C=O) groups excluding carboxylic acids is 1. The summed E-state index contributed by atoms with van der Waals surface area (Å²) in [5, 5.41) is 4.17. The van der Waals surface area contributed by atoms with E-state index >= 15 is 0 Å². The fourth-order valence-corrected chi connectivity index (χ4v) is 6.62. The van der Waals surface area contributed by atoms with Crippen LogP contribution in [0.15, 0.2) is 35.4 Å². The Bertz CT molecular complexity index is 1010. The van der Waals surface area contributed by atoms with Crippen molar-refractivity contribution in [3.05, 3.63) is 30.5 Å². The number of piperidine rings is 1. The number of nitrogens with zero attached hydrogens (tertiary/aromatic N) is 2. The van der Waals surface area contributed by atoms with Gasteiger partial charge >= 0.3 is 0 Å². The van der Waals surface area contributed by atoms with E-state index in [1.807, 2.05) is 18.3 Å². The van der Waals surface area contributed by atoms with E-state index in [1.165, 1.54) is 36.4 Å². The van der Waals surface area contributed by atoms with Gasteiger partial charge in [0.05, 0.1) is 10.8 Å². The number of sulfonamides is 1. The standard InChI is InChI=1S/C24H35N3O3S/c1-2-26-16-14-19-17-22(12-13-23(19)26)31(29,30)27-15-8-9-20(18-27)24(28)25-21-10-6-4-3-5-7-11-21/h12-14,16-17,20-21H,2-11,15,18H2,1H3,(H,25,28)/t20-/m1/s1. The van der Waals surface area contributed by atoms with E-state index in [0.29, 0.717) is 11.4 Å². The molecule has 4 rings (SSSR count). The van der Waals surface area contributed by atoms with Gasteiger partial charge < -0.3 is 9.88 Å². The third kappa shape index (κ3) is 4.98. The molecule has 2 aliphatic rings. The van der Waals surface area contributed by atoms with Crippen molar-refractivity contribution >= 4 is 26.8 Å². The van der Waals surface area contributed by atoms with Crippen molar-refractivity contribution in [2.24, 2.45) is 5.92 Å². The highest BCUT2D eigenvalue weighted by Crippen LogP contribution is 2.27. The second-order valence-corrected chi connectivity index (χ2v) is 11.0. The van der Waals surface area contributed by atoms with Crippen LogP contribution in [0.5, 0.6) is 0 Å². The van der Waals surface area contributed by atoms with E-state index in [0.717, 1.165) is 43.1 Å². The van der Waals surface area contributed by atoms with Crippen LogP contribution in [0.1, 0.15) is 64.7 Å². The maximum atomic E-state index is 13.3. The van der Waals surface area contributed by atoms with Crippen molar-refractivity contribution in [3.8, 4) is 0 Å². The molecule has 1 N–H and O–H groups in total. The first-order valence-corrected chi connectivity index (χ1v) is 13.3. The second-order valence-electron chi connectivity index (χ2n) is 9.08. The summed E-state index contributed by atoms with van der Waals surface area (Å²) >= 11 is 0. The minimum atomic E-state index is -3.62. The molecule has 170 valence electrons. The molecule has 31 heavy (non-hydrogen) atoms. The predicted molar refractivity (Wildman–Crippen MR) is 123 cm³/mol. The van der Waals surface area contributed by atoms with E-state index in [4.69, 9.17) is 0 Å². The number of aromatic nitrogens is 1. The van der Waals surface area contributed by atoms with Crippen molar-refractivity contribution in [1.82, 2.24) is 14.2 Å². The Kier molecular flexibility index (Phi) is 7.02. The molecule has 1 saturated carbocycles. The summed E-state index contributed by atoms with van der Waals surface area (Å²) in [4.78, 5) is 13.3. The van der Waals surface area contributed by atoms with Crippen LogP contribution in [0.25, 0.3) is 10.9 Å². The number of fused-ring (bicyclic) bond motifs is 1. The van der Waals surface area contributed by atoms with Crippen LogP contribution >= 0.6 is 0 Å². The van der Waals surface area contributed by atoms with E-state index in [1.54, 1.807) is 12.1 Å². The predicted octanol–water partition coefficient (Wildman–Crippen LogP) is 4.29. The molecule has 1 saturated heterocycles. The molecule has 1 aromatic carbocycles. The van der Waals surface area contributed by atoms with Crippen LogP contribution in [0.3, 0.4) is 0 Å². The number of hydrogen-bond acceptors (Lipinski definition) is 3. The molecule has 1 aliphatic heterocycles. The molecule has 2 aromatic rings. The Hall–Kier alpha value is -1.86. The smallest absolute Gasteiger partial charge is 0.243 e. The highest BCUT2D eigenvalue weighted by Gasteiger charge is 2.34. The topological polar surface area (TPSA) is 71.4 Å².